The minimum Gasteiger partial charge on any atom is -0.357 e. The Balaban J connectivity index is 2.55. The number of rotatable bonds is 0. The van der Waals surface area contributed by atoms with Crippen LogP contribution in [0.15, 0.2) is 0 Å². The van der Waals surface area contributed by atoms with E-state index in [0.29, 0.717) is 6.61 Å². The largest absolute Gasteiger partial charge is 0.357 e. The van der Waals surface area contributed by atoms with Gasteiger partial charge < -0.3 is 4.74 Å². The van der Waals surface area contributed by atoms with Crippen LogP contribution in [-0.4, -0.2) is 22.2 Å². The number of ether oxygens (including phenoxy) is 1. The average molecular weight is 219 g/mol. The summed E-state index contributed by atoms with van der Waals surface area (Å²) in [6.45, 7) is 4.54. The maximum absolute atomic E-state index is 5.61. The molecule has 66 valence electrons. The van der Waals surface area contributed by atoms with Crippen LogP contribution in [0.25, 0.3) is 0 Å². The monoisotopic (exact) mass is 217 g/mol. The fourth-order valence-corrected chi connectivity index (χ4v) is 1.26. The van der Waals surface area contributed by atoms with Gasteiger partial charge in [-0.2, -0.15) is 0 Å². The van der Waals surface area contributed by atoms with E-state index < -0.39 is 10.0 Å². The Morgan fingerprint density at radius 3 is 2.18 bits per heavy atom. The highest BCUT2D eigenvalue weighted by Gasteiger charge is 2.42. The average Bonchev–Trinajstić information content (AvgIpc) is 2.07. The van der Waals surface area contributed by atoms with E-state index in [1.165, 1.54) is 0 Å². The van der Waals surface area contributed by atoms with Gasteiger partial charge in [0.25, 0.3) is 0 Å². The molecule has 1 rings (SSSR count). The lowest BCUT2D eigenvalue weighted by molar-refractivity contribution is 0.101. The smallest absolute Gasteiger partial charge is 0.229 e. The van der Waals surface area contributed by atoms with Crippen LogP contribution in [0.2, 0.25) is 0 Å². The Kier molecular flexibility index (Phi) is 2.63. The third kappa shape index (κ3) is 2.63. The van der Waals surface area contributed by atoms with Crippen molar-refractivity contribution in [2.75, 3.05) is 6.61 Å². The van der Waals surface area contributed by atoms with Crippen LogP contribution >= 0.6 is 34.8 Å². The summed E-state index contributed by atoms with van der Waals surface area (Å²) < 4.78 is 3.84. The summed E-state index contributed by atoms with van der Waals surface area (Å²) in [5, 5.41) is 3.05. The van der Waals surface area contributed by atoms with Gasteiger partial charge in [-0.1, -0.05) is 34.8 Å². The van der Waals surface area contributed by atoms with Crippen LogP contribution in [0.4, 0.5) is 0 Å². The number of alkyl halides is 3. The lowest BCUT2D eigenvalue weighted by Gasteiger charge is -2.21. The minimum absolute atomic E-state index is 0.103. The summed E-state index contributed by atoms with van der Waals surface area (Å²) in [5.41, 5.74) is -0.103. The lowest BCUT2D eigenvalue weighted by atomic mass is 10.1. The van der Waals surface area contributed by atoms with E-state index in [1.807, 2.05) is 13.8 Å². The fourth-order valence-electron chi connectivity index (χ4n) is 0.906. The predicted molar refractivity (Wildman–Crippen MR) is 47.2 cm³/mol. The third-order valence-electron chi connectivity index (χ3n) is 1.43. The normalized spacial score (nSPS) is 30.8. The van der Waals surface area contributed by atoms with Crippen molar-refractivity contribution in [2.24, 2.45) is 0 Å². The second kappa shape index (κ2) is 2.93. The molecule has 0 saturated carbocycles. The molecule has 0 spiro atoms. The third-order valence-corrected chi connectivity index (χ3v) is 2.02. The van der Waals surface area contributed by atoms with Gasteiger partial charge in [-0.15, -0.1) is 0 Å². The first-order chi connectivity index (χ1) is 4.81. The molecular formula is C6H10Cl3NO. The minimum atomic E-state index is -1.38. The van der Waals surface area contributed by atoms with Crippen molar-refractivity contribution in [1.82, 2.24) is 5.32 Å². The first-order valence-electron chi connectivity index (χ1n) is 3.27. The molecule has 1 aliphatic rings. The van der Waals surface area contributed by atoms with E-state index in [9.17, 15) is 0 Å². The van der Waals surface area contributed by atoms with Crippen LogP contribution < -0.4 is 5.32 Å². The zero-order valence-corrected chi connectivity index (χ0v) is 8.59. The topological polar surface area (TPSA) is 21.3 Å². The summed E-state index contributed by atoms with van der Waals surface area (Å²) in [7, 11) is 0. The number of halogens is 3. The summed E-state index contributed by atoms with van der Waals surface area (Å²) in [6.07, 6.45) is -0.498. The van der Waals surface area contributed by atoms with Crippen LogP contribution in [0, 0.1) is 0 Å². The SMILES string of the molecule is CC1(C)COC(C(Cl)(Cl)Cl)N1. The van der Waals surface area contributed by atoms with Crippen molar-refractivity contribution in [3.63, 3.8) is 0 Å². The summed E-state index contributed by atoms with van der Waals surface area (Å²) in [6, 6.07) is 0. The van der Waals surface area contributed by atoms with Crippen LogP contribution in [0.3, 0.4) is 0 Å². The highest BCUT2D eigenvalue weighted by molar-refractivity contribution is 6.68. The van der Waals surface area contributed by atoms with E-state index in [1.54, 1.807) is 0 Å². The molecule has 1 aliphatic heterocycles. The molecular weight excluding hydrogens is 208 g/mol. The van der Waals surface area contributed by atoms with Gasteiger partial charge in [0.15, 0.2) is 6.23 Å². The zero-order chi connectivity index (χ0) is 8.70. The summed E-state index contributed by atoms with van der Waals surface area (Å²) >= 11 is 16.8. The molecule has 5 heteroatoms. The Labute approximate surface area is 81.1 Å². The molecule has 0 aromatic heterocycles. The predicted octanol–water partition coefficient (Wildman–Crippen LogP) is 2.08. The molecule has 0 aromatic rings. The van der Waals surface area contributed by atoms with Gasteiger partial charge in [0, 0.05) is 5.54 Å². The number of nitrogens with one attached hydrogen (secondary N) is 1. The molecule has 1 saturated heterocycles. The molecule has 11 heavy (non-hydrogen) atoms. The highest BCUT2D eigenvalue weighted by Crippen LogP contribution is 2.34. The van der Waals surface area contributed by atoms with Crippen molar-refractivity contribution in [2.45, 2.75) is 29.4 Å². The molecule has 0 amide bonds. The molecule has 1 N–H and O–H groups in total. The van der Waals surface area contributed by atoms with E-state index in [-0.39, 0.29) is 5.54 Å². The van der Waals surface area contributed by atoms with E-state index >= 15 is 0 Å². The molecule has 2 nitrogen and oxygen atoms in total. The van der Waals surface area contributed by atoms with E-state index in [0.717, 1.165) is 0 Å². The zero-order valence-electron chi connectivity index (χ0n) is 6.33. The second-order valence-electron chi connectivity index (χ2n) is 3.26. The van der Waals surface area contributed by atoms with Gasteiger partial charge in [-0.05, 0) is 13.8 Å². The Morgan fingerprint density at radius 1 is 1.45 bits per heavy atom. The first kappa shape index (κ1) is 9.87. The molecule has 1 unspecified atom stereocenters. The Morgan fingerprint density at radius 2 is 2.00 bits per heavy atom. The molecule has 0 aromatic carbocycles. The summed E-state index contributed by atoms with van der Waals surface area (Å²) in [5.74, 6) is 0. The standard InChI is InChI=1S/C6H10Cl3NO/c1-5(2)3-11-4(10-5)6(7,8)9/h4,10H,3H2,1-2H3. The van der Waals surface area contributed by atoms with Crippen LogP contribution in [0.5, 0.6) is 0 Å². The van der Waals surface area contributed by atoms with Gasteiger partial charge in [0.2, 0.25) is 3.79 Å². The number of hydrogen-bond donors (Lipinski definition) is 1. The Hall–Kier alpha value is 0.790. The van der Waals surface area contributed by atoms with Crippen LogP contribution in [-0.2, 0) is 4.74 Å². The summed E-state index contributed by atoms with van der Waals surface area (Å²) in [4.78, 5) is 0. The number of hydrogen-bond acceptors (Lipinski definition) is 2. The molecule has 0 radical (unpaired) electrons. The van der Waals surface area contributed by atoms with Crippen molar-refractivity contribution >= 4 is 34.8 Å². The fraction of sp³-hybridized carbons (Fsp3) is 1.00. The lowest BCUT2D eigenvalue weighted by Crippen LogP contribution is -2.44. The molecule has 0 bridgehead atoms. The van der Waals surface area contributed by atoms with Crippen molar-refractivity contribution in [1.29, 1.82) is 0 Å². The van der Waals surface area contributed by atoms with Gasteiger partial charge in [-0.25, -0.2) is 0 Å². The van der Waals surface area contributed by atoms with Gasteiger partial charge in [0.1, 0.15) is 0 Å². The maximum Gasteiger partial charge on any atom is 0.229 e. The van der Waals surface area contributed by atoms with Crippen molar-refractivity contribution in [3.8, 4) is 0 Å². The Bertz CT molecular complexity index is 154. The van der Waals surface area contributed by atoms with E-state index in [2.05, 4.69) is 5.32 Å². The maximum atomic E-state index is 5.61. The quantitative estimate of drug-likeness (QED) is 0.629. The highest BCUT2D eigenvalue weighted by atomic mass is 35.6. The van der Waals surface area contributed by atoms with Crippen LogP contribution in [0.1, 0.15) is 13.8 Å². The van der Waals surface area contributed by atoms with Gasteiger partial charge in [-0.3, -0.25) is 5.32 Å². The van der Waals surface area contributed by atoms with Crippen molar-refractivity contribution in [3.05, 3.63) is 0 Å². The second-order valence-corrected chi connectivity index (χ2v) is 5.63. The molecule has 1 fully saturated rings. The van der Waals surface area contributed by atoms with E-state index in [4.69, 9.17) is 39.5 Å². The van der Waals surface area contributed by atoms with Gasteiger partial charge >= 0.3 is 0 Å². The molecule has 1 atom stereocenters. The van der Waals surface area contributed by atoms with Gasteiger partial charge in [0.05, 0.1) is 6.61 Å². The van der Waals surface area contributed by atoms with Crippen molar-refractivity contribution < 1.29 is 4.74 Å². The molecule has 1 heterocycles. The first-order valence-corrected chi connectivity index (χ1v) is 4.41. The molecule has 0 aliphatic carbocycles.